The molecular formula is C23H47NO3. The number of hydrogen-bond acceptors (Lipinski definition) is 4. The van der Waals surface area contributed by atoms with Crippen LogP contribution in [0.1, 0.15) is 96.8 Å². The summed E-state index contributed by atoms with van der Waals surface area (Å²) < 4.78 is 5.48. The van der Waals surface area contributed by atoms with E-state index in [9.17, 15) is 5.11 Å². The second kappa shape index (κ2) is 23.6. The van der Waals surface area contributed by atoms with Gasteiger partial charge in [0.05, 0.1) is 19.3 Å². The van der Waals surface area contributed by atoms with E-state index in [2.05, 4.69) is 24.4 Å². The smallest absolute Gasteiger partial charge is 0.0897 e. The van der Waals surface area contributed by atoms with Crippen molar-refractivity contribution in [3.05, 3.63) is 12.2 Å². The Labute approximate surface area is 168 Å². The van der Waals surface area contributed by atoms with Crippen LogP contribution < -0.4 is 5.32 Å². The fraction of sp³-hybridized carbons (Fsp3) is 0.913. The van der Waals surface area contributed by atoms with E-state index in [1.165, 1.54) is 83.5 Å². The zero-order valence-electron chi connectivity index (χ0n) is 18.0. The van der Waals surface area contributed by atoms with E-state index in [1.807, 2.05) is 0 Å². The van der Waals surface area contributed by atoms with Gasteiger partial charge in [0.2, 0.25) is 0 Å². The molecule has 0 aliphatic carbocycles. The maximum Gasteiger partial charge on any atom is 0.0897 e. The van der Waals surface area contributed by atoms with Crippen molar-refractivity contribution in [1.29, 1.82) is 0 Å². The number of allylic oxidation sites excluding steroid dienone is 2. The quantitative estimate of drug-likeness (QED) is 0.182. The van der Waals surface area contributed by atoms with Gasteiger partial charge in [-0.1, -0.05) is 76.9 Å². The summed E-state index contributed by atoms with van der Waals surface area (Å²) in [4.78, 5) is 0. The molecule has 0 heterocycles. The molecule has 1 atom stereocenters. The highest BCUT2D eigenvalue weighted by atomic mass is 16.5. The monoisotopic (exact) mass is 385 g/mol. The highest BCUT2D eigenvalue weighted by Crippen LogP contribution is 2.10. The Bertz CT molecular complexity index is 297. The fourth-order valence-electron chi connectivity index (χ4n) is 3.08. The Balaban J connectivity index is 3.13. The topological polar surface area (TPSA) is 61.7 Å². The van der Waals surface area contributed by atoms with Crippen molar-refractivity contribution < 1.29 is 14.9 Å². The number of aliphatic hydroxyl groups excluding tert-OH is 2. The maximum atomic E-state index is 9.64. The van der Waals surface area contributed by atoms with Gasteiger partial charge in [0.25, 0.3) is 0 Å². The average Bonchev–Trinajstić information content (AvgIpc) is 2.67. The van der Waals surface area contributed by atoms with Crippen molar-refractivity contribution >= 4 is 0 Å². The lowest BCUT2D eigenvalue weighted by Gasteiger charge is -2.11. The van der Waals surface area contributed by atoms with E-state index in [4.69, 9.17) is 9.84 Å². The number of unbranched alkanes of at least 4 members (excludes halogenated alkanes) is 12. The summed E-state index contributed by atoms with van der Waals surface area (Å²) in [5.41, 5.74) is 0. The summed E-state index contributed by atoms with van der Waals surface area (Å²) in [6.45, 7) is 4.48. The Hall–Kier alpha value is -0.420. The van der Waals surface area contributed by atoms with Gasteiger partial charge in [0, 0.05) is 19.7 Å². The van der Waals surface area contributed by atoms with Gasteiger partial charge in [-0.25, -0.2) is 0 Å². The summed E-state index contributed by atoms with van der Waals surface area (Å²) in [7, 11) is 0. The molecule has 0 bridgehead atoms. The van der Waals surface area contributed by atoms with Gasteiger partial charge in [-0.3, -0.25) is 0 Å². The van der Waals surface area contributed by atoms with Gasteiger partial charge >= 0.3 is 0 Å². The van der Waals surface area contributed by atoms with Crippen molar-refractivity contribution in [1.82, 2.24) is 5.32 Å². The molecule has 0 aromatic heterocycles. The second-order valence-electron chi connectivity index (χ2n) is 7.59. The lowest BCUT2D eigenvalue weighted by molar-refractivity contribution is 0.0350. The molecule has 0 spiro atoms. The van der Waals surface area contributed by atoms with Crippen molar-refractivity contribution in [2.45, 2.75) is 103 Å². The van der Waals surface area contributed by atoms with E-state index in [0.717, 1.165) is 13.0 Å². The molecular weight excluding hydrogens is 338 g/mol. The third kappa shape index (κ3) is 23.5. The molecule has 3 N–H and O–H groups in total. The molecule has 0 saturated heterocycles. The standard InChI is InChI=1S/C23H47NO3/c1-2-3-4-5-6-7-8-9-10-11-12-13-14-15-16-17-20-27-22-23(26)21-24-18-19-25/h9-10,23-26H,2-8,11-22H2,1H3. The molecule has 0 aromatic rings. The third-order valence-corrected chi connectivity index (χ3v) is 4.78. The highest BCUT2D eigenvalue weighted by Gasteiger charge is 2.02. The normalized spacial score (nSPS) is 12.9. The fourth-order valence-corrected chi connectivity index (χ4v) is 3.08. The first kappa shape index (κ1) is 26.6. The minimum Gasteiger partial charge on any atom is -0.395 e. The Morgan fingerprint density at radius 1 is 0.815 bits per heavy atom. The summed E-state index contributed by atoms with van der Waals surface area (Å²) in [5, 5.41) is 21.2. The van der Waals surface area contributed by atoms with Crippen LogP contribution in [0.3, 0.4) is 0 Å². The van der Waals surface area contributed by atoms with Crippen LogP contribution >= 0.6 is 0 Å². The van der Waals surface area contributed by atoms with Crippen LogP contribution in [0.25, 0.3) is 0 Å². The van der Waals surface area contributed by atoms with Crippen LogP contribution in [-0.4, -0.2) is 49.2 Å². The molecule has 1 unspecified atom stereocenters. The lowest BCUT2D eigenvalue weighted by atomic mass is 10.1. The summed E-state index contributed by atoms with van der Waals surface area (Å²) >= 11 is 0. The van der Waals surface area contributed by atoms with Crippen molar-refractivity contribution in [3.8, 4) is 0 Å². The molecule has 0 saturated carbocycles. The van der Waals surface area contributed by atoms with E-state index >= 15 is 0 Å². The number of nitrogens with one attached hydrogen (secondary N) is 1. The Morgan fingerprint density at radius 2 is 1.37 bits per heavy atom. The first-order chi connectivity index (χ1) is 13.3. The maximum absolute atomic E-state index is 9.64. The molecule has 0 amide bonds. The molecule has 27 heavy (non-hydrogen) atoms. The van der Waals surface area contributed by atoms with Crippen LogP contribution in [0, 0.1) is 0 Å². The van der Waals surface area contributed by atoms with Gasteiger partial charge in [-0.15, -0.1) is 0 Å². The number of rotatable bonds is 22. The minimum atomic E-state index is -0.481. The zero-order chi connectivity index (χ0) is 19.8. The molecule has 162 valence electrons. The second-order valence-corrected chi connectivity index (χ2v) is 7.59. The van der Waals surface area contributed by atoms with Gasteiger partial charge in [0.15, 0.2) is 0 Å². The number of ether oxygens (including phenoxy) is 1. The predicted octanol–water partition coefficient (Wildman–Crippen LogP) is 4.98. The molecule has 4 nitrogen and oxygen atoms in total. The number of hydrogen-bond donors (Lipinski definition) is 3. The van der Waals surface area contributed by atoms with Crippen molar-refractivity contribution in [3.63, 3.8) is 0 Å². The van der Waals surface area contributed by atoms with Crippen LogP contribution in [-0.2, 0) is 4.74 Å². The van der Waals surface area contributed by atoms with Crippen LogP contribution in [0.4, 0.5) is 0 Å². The molecule has 0 aliphatic rings. The Morgan fingerprint density at radius 3 is 1.96 bits per heavy atom. The van der Waals surface area contributed by atoms with Crippen LogP contribution in [0.2, 0.25) is 0 Å². The Kier molecular flexibility index (Phi) is 23.3. The van der Waals surface area contributed by atoms with Gasteiger partial charge in [0.1, 0.15) is 0 Å². The summed E-state index contributed by atoms with van der Waals surface area (Å²) in [5.74, 6) is 0. The minimum absolute atomic E-state index is 0.100. The van der Waals surface area contributed by atoms with E-state index in [0.29, 0.717) is 19.7 Å². The highest BCUT2D eigenvalue weighted by molar-refractivity contribution is 4.81. The average molecular weight is 386 g/mol. The summed E-state index contributed by atoms with van der Waals surface area (Å²) in [6.07, 6.45) is 22.6. The zero-order valence-corrected chi connectivity index (χ0v) is 18.0. The number of aliphatic hydroxyl groups is 2. The van der Waals surface area contributed by atoms with E-state index < -0.39 is 6.10 Å². The molecule has 4 heteroatoms. The van der Waals surface area contributed by atoms with Crippen LogP contribution in [0.15, 0.2) is 12.2 Å². The first-order valence-electron chi connectivity index (χ1n) is 11.5. The molecule has 0 aromatic carbocycles. The first-order valence-corrected chi connectivity index (χ1v) is 11.5. The van der Waals surface area contributed by atoms with Crippen molar-refractivity contribution in [2.24, 2.45) is 0 Å². The summed E-state index contributed by atoms with van der Waals surface area (Å²) in [6, 6.07) is 0. The van der Waals surface area contributed by atoms with Gasteiger partial charge in [-0.2, -0.15) is 0 Å². The van der Waals surface area contributed by atoms with Crippen molar-refractivity contribution in [2.75, 3.05) is 32.9 Å². The van der Waals surface area contributed by atoms with Gasteiger partial charge in [-0.05, 0) is 32.1 Å². The molecule has 0 rings (SSSR count). The largest absolute Gasteiger partial charge is 0.395 e. The third-order valence-electron chi connectivity index (χ3n) is 4.78. The molecule has 0 aliphatic heterocycles. The van der Waals surface area contributed by atoms with Gasteiger partial charge < -0.3 is 20.3 Å². The molecule has 0 fully saturated rings. The van der Waals surface area contributed by atoms with E-state index in [-0.39, 0.29) is 6.61 Å². The van der Waals surface area contributed by atoms with E-state index in [1.54, 1.807) is 0 Å². The SMILES string of the molecule is CCCCCCCCC=CCCCCCCCCOCC(O)CNCCO. The van der Waals surface area contributed by atoms with Crippen LogP contribution in [0.5, 0.6) is 0 Å². The molecule has 0 radical (unpaired) electrons. The predicted molar refractivity (Wildman–Crippen MR) is 116 cm³/mol. The lowest BCUT2D eigenvalue weighted by Crippen LogP contribution is -2.32.